The first-order chi connectivity index (χ1) is 12.8. The Morgan fingerprint density at radius 3 is 2.85 bits per heavy atom. The number of amidine groups is 1. The van der Waals surface area contributed by atoms with Crippen LogP contribution >= 0.6 is 11.8 Å². The lowest BCUT2D eigenvalue weighted by molar-refractivity contribution is 0.255. The van der Waals surface area contributed by atoms with Crippen LogP contribution in [0.4, 0.5) is 0 Å². The monoisotopic (exact) mass is 366 g/mol. The Balaban J connectivity index is 1.52. The van der Waals surface area contributed by atoms with Gasteiger partial charge in [0.25, 0.3) is 0 Å². The normalized spacial score (nSPS) is 28.6. The standard InChI is InChI=1S/C21H26N4S/c1-2-16-14-26-21-23-19(18-9-5-6-11-22-18)20(25(16)21)15-10-12-24(13-15)17-7-3-4-8-17/h5-6,9-13,16-17,19-20H,2-4,7-8,14H2,1H3/t16-,19+,20+/m1/s1. The smallest absolute Gasteiger partial charge is 0.160 e. The van der Waals surface area contributed by atoms with E-state index < -0.39 is 0 Å². The minimum Gasteiger partial charge on any atom is -0.351 e. The lowest BCUT2D eigenvalue weighted by atomic mass is 9.97. The number of aromatic nitrogens is 2. The van der Waals surface area contributed by atoms with Crippen molar-refractivity contribution in [2.24, 2.45) is 4.99 Å². The molecule has 2 aromatic rings. The highest BCUT2D eigenvalue weighted by atomic mass is 32.2. The van der Waals surface area contributed by atoms with Gasteiger partial charge in [0.1, 0.15) is 6.04 Å². The number of hydrogen-bond acceptors (Lipinski definition) is 4. The Morgan fingerprint density at radius 1 is 1.19 bits per heavy atom. The van der Waals surface area contributed by atoms with Crippen molar-refractivity contribution in [1.82, 2.24) is 14.5 Å². The van der Waals surface area contributed by atoms with E-state index in [9.17, 15) is 0 Å². The number of fused-ring (bicyclic) bond motifs is 1. The van der Waals surface area contributed by atoms with Gasteiger partial charge >= 0.3 is 0 Å². The van der Waals surface area contributed by atoms with Gasteiger partial charge in [-0.3, -0.25) is 9.98 Å². The van der Waals surface area contributed by atoms with E-state index in [4.69, 9.17) is 4.99 Å². The van der Waals surface area contributed by atoms with E-state index in [1.165, 1.54) is 42.8 Å². The van der Waals surface area contributed by atoms with Crippen LogP contribution in [-0.2, 0) is 0 Å². The van der Waals surface area contributed by atoms with Gasteiger partial charge in [-0.1, -0.05) is 37.6 Å². The maximum absolute atomic E-state index is 5.12. The second-order valence-corrected chi connectivity index (χ2v) is 8.65. The van der Waals surface area contributed by atoms with E-state index in [1.807, 2.05) is 24.0 Å². The Morgan fingerprint density at radius 2 is 2.08 bits per heavy atom. The lowest BCUT2D eigenvalue weighted by Crippen LogP contribution is -2.35. The van der Waals surface area contributed by atoms with Crippen LogP contribution in [0.5, 0.6) is 0 Å². The van der Waals surface area contributed by atoms with Crippen LogP contribution in [0.3, 0.4) is 0 Å². The molecule has 0 bridgehead atoms. The van der Waals surface area contributed by atoms with Gasteiger partial charge in [0, 0.05) is 36.4 Å². The molecule has 0 radical (unpaired) electrons. The van der Waals surface area contributed by atoms with Crippen molar-refractivity contribution in [2.45, 2.75) is 63.2 Å². The van der Waals surface area contributed by atoms with Crippen LogP contribution in [0.15, 0.2) is 47.8 Å². The molecule has 1 saturated heterocycles. The van der Waals surface area contributed by atoms with Gasteiger partial charge in [-0.25, -0.2) is 0 Å². The average molecular weight is 367 g/mol. The summed E-state index contributed by atoms with van der Waals surface area (Å²) in [5.74, 6) is 1.16. The van der Waals surface area contributed by atoms with Gasteiger partial charge in [-0.15, -0.1) is 0 Å². The first-order valence-corrected chi connectivity index (χ1v) is 10.9. The zero-order valence-electron chi connectivity index (χ0n) is 15.3. The summed E-state index contributed by atoms with van der Waals surface area (Å²) in [4.78, 5) is 12.3. The molecule has 3 atom stereocenters. The summed E-state index contributed by atoms with van der Waals surface area (Å²) in [6, 6.07) is 10.2. The highest BCUT2D eigenvalue weighted by molar-refractivity contribution is 8.14. The van der Waals surface area contributed by atoms with Gasteiger partial charge in [0.2, 0.25) is 0 Å². The number of thioether (sulfide) groups is 1. The fourth-order valence-corrected chi connectivity index (χ4v) is 6.08. The van der Waals surface area contributed by atoms with Gasteiger partial charge in [-0.05, 0) is 43.0 Å². The van der Waals surface area contributed by atoms with Crippen LogP contribution in [0.25, 0.3) is 0 Å². The van der Waals surface area contributed by atoms with Crippen LogP contribution in [0.2, 0.25) is 0 Å². The number of rotatable bonds is 4. The molecule has 4 nitrogen and oxygen atoms in total. The van der Waals surface area contributed by atoms with Crippen molar-refractivity contribution in [3.63, 3.8) is 0 Å². The molecule has 1 aliphatic carbocycles. The average Bonchev–Trinajstić information content (AvgIpc) is 3.44. The molecule has 26 heavy (non-hydrogen) atoms. The van der Waals surface area contributed by atoms with Crippen LogP contribution in [0, 0.1) is 0 Å². The molecule has 2 aromatic heterocycles. The third-order valence-electron chi connectivity index (χ3n) is 6.15. The highest BCUT2D eigenvalue weighted by Gasteiger charge is 2.45. The predicted molar refractivity (Wildman–Crippen MR) is 107 cm³/mol. The lowest BCUT2D eigenvalue weighted by Gasteiger charge is -2.31. The quantitative estimate of drug-likeness (QED) is 0.765. The predicted octanol–water partition coefficient (Wildman–Crippen LogP) is 4.98. The summed E-state index contributed by atoms with van der Waals surface area (Å²) in [6.07, 6.45) is 13.1. The van der Waals surface area contributed by atoms with Crippen molar-refractivity contribution >= 4 is 16.9 Å². The SMILES string of the molecule is CC[C@@H]1CSC2=N[C@@H](c3ccccn3)[C@H](c3ccn(C4CCCC4)c3)N21. The van der Waals surface area contributed by atoms with E-state index in [0.29, 0.717) is 12.1 Å². The molecular formula is C21H26N4S. The van der Waals surface area contributed by atoms with Crippen LogP contribution < -0.4 is 0 Å². The third-order valence-corrected chi connectivity index (χ3v) is 7.28. The molecule has 2 aliphatic heterocycles. The number of hydrogen-bond donors (Lipinski definition) is 0. The third kappa shape index (κ3) is 2.68. The topological polar surface area (TPSA) is 33.4 Å². The zero-order chi connectivity index (χ0) is 17.5. The Kier molecular flexibility index (Phi) is 4.27. The highest BCUT2D eigenvalue weighted by Crippen LogP contribution is 2.48. The summed E-state index contributed by atoms with van der Waals surface area (Å²) >= 11 is 1.92. The van der Waals surface area contributed by atoms with Crippen molar-refractivity contribution in [3.8, 4) is 0 Å². The molecule has 3 aliphatic rings. The summed E-state index contributed by atoms with van der Waals surface area (Å²) in [5, 5.41) is 1.21. The van der Waals surface area contributed by atoms with Crippen LogP contribution in [0.1, 0.15) is 68.4 Å². The second kappa shape index (κ2) is 6.76. The minimum absolute atomic E-state index is 0.104. The summed E-state index contributed by atoms with van der Waals surface area (Å²) in [5.41, 5.74) is 2.48. The molecule has 5 heteroatoms. The molecular weight excluding hydrogens is 340 g/mol. The molecule has 0 unspecified atom stereocenters. The molecule has 0 aromatic carbocycles. The first-order valence-electron chi connectivity index (χ1n) is 9.92. The van der Waals surface area contributed by atoms with Crippen molar-refractivity contribution in [1.29, 1.82) is 0 Å². The fraction of sp³-hybridized carbons (Fsp3) is 0.524. The molecule has 0 spiro atoms. The Labute approximate surface area is 159 Å². The Hall–Kier alpha value is -1.75. The molecule has 5 rings (SSSR count). The molecule has 4 heterocycles. The summed E-state index contributed by atoms with van der Waals surface area (Å²) < 4.78 is 2.46. The first kappa shape index (κ1) is 16.4. The number of aliphatic imine (C=N–C) groups is 1. The fourth-order valence-electron chi connectivity index (χ4n) is 4.74. The minimum atomic E-state index is 0.104. The van der Waals surface area contributed by atoms with Crippen LogP contribution in [-0.4, -0.2) is 31.4 Å². The molecule has 1 saturated carbocycles. The van der Waals surface area contributed by atoms with E-state index in [2.05, 4.69) is 52.0 Å². The van der Waals surface area contributed by atoms with Gasteiger partial charge in [-0.2, -0.15) is 0 Å². The maximum Gasteiger partial charge on any atom is 0.160 e. The molecule has 2 fully saturated rings. The molecule has 136 valence electrons. The van der Waals surface area contributed by atoms with Crippen molar-refractivity contribution in [3.05, 3.63) is 54.1 Å². The Bertz CT molecular complexity index is 793. The number of nitrogens with zero attached hydrogens (tertiary/aromatic N) is 4. The van der Waals surface area contributed by atoms with Crippen molar-refractivity contribution in [2.75, 3.05) is 5.75 Å². The van der Waals surface area contributed by atoms with E-state index in [1.54, 1.807) is 0 Å². The largest absolute Gasteiger partial charge is 0.351 e. The van der Waals surface area contributed by atoms with Gasteiger partial charge in [0.05, 0.1) is 11.7 Å². The van der Waals surface area contributed by atoms with E-state index in [0.717, 1.165) is 11.4 Å². The van der Waals surface area contributed by atoms with Gasteiger partial charge in [0.15, 0.2) is 5.17 Å². The van der Waals surface area contributed by atoms with Crippen molar-refractivity contribution < 1.29 is 0 Å². The number of pyridine rings is 1. The summed E-state index contributed by atoms with van der Waals surface area (Å²) in [6.45, 7) is 2.29. The second-order valence-electron chi connectivity index (χ2n) is 7.67. The van der Waals surface area contributed by atoms with E-state index >= 15 is 0 Å². The van der Waals surface area contributed by atoms with Gasteiger partial charge < -0.3 is 9.47 Å². The van der Waals surface area contributed by atoms with E-state index in [-0.39, 0.29) is 12.1 Å². The molecule has 0 amide bonds. The molecule has 0 N–H and O–H groups in total. The summed E-state index contributed by atoms with van der Waals surface area (Å²) in [7, 11) is 0. The maximum atomic E-state index is 5.12. The zero-order valence-corrected chi connectivity index (χ0v) is 16.1.